The van der Waals surface area contributed by atoms with E-state index in [1.807, 2.05) is 0 Å². The van der Waals surface area contributed by atoms with Gasteiger partial charge in [0.25, 0.3) is 0 Å². The van der Waals surface area contributed by atoms with Gasteiger partial charge in [0.2, 0.25) is 0 Å². The van der Waals surface area contributed by atoms with Crippen LogP contribution in [0.3, 0.4) is 0 Å². The summed E-state index contributed by atoms with van der Waals surface area (Å²) in [5, 5.41) is 7.99. The second-order valence-corrected chi connectivity index (χ2v) is 1.22. The predicted octanol–water partition coefficient (Wildman–Crippen LogP) is 0.620. The van der Waals surface area contributed by atoms with Crippen LogP contribution >= 0.6 is 7.92 Å². The summed E-state index contributed by atoms with van der Waals surface area (Å²) in [6.07, 6.45) is 0.394. The summed E-state index contributed by atoms with van der Waals surface area (Å²) < 4.78 is 9.44. The second-order valence-electron chi connectivity index (χ2n) is 0.723. The van der Waals surface area contributed by atoms with Crippen molar-refractivity contribution in [2.75, 3.05) is 6.61 Å². The molecule has 0 aliphatic rings. The van der Waals surface area contributed by atoms with Gasteiger partial charge < -0.3 is 0 Å². The van der Waals surface area contributed by atoms with Gasteiger partial charge in [-0.05, 0) is 0 Å². The van der Waals surface area contributed by atoms with E-state index < -0.39 is 0 Å². The van der Waals surface area contributed by atoms with Gasteiger partial charge in [-0.25, -0.2) is 0 Å². The summed E-state index contributed by atoms with van der Waals surface area (Å²) in [7, 11) is -0.115. The van der Waals surface area contributed by atoms with E-state index in [9.17, 15) is 4.57 Å². The van der Waals surface area contributed by atoms with Crippen LogP contribution in [0.2, 0.25) is 0 Å². The molecule has 0 unspecified atom stereocenters. The summed E-state index contributed by atoms with van der Waals surface area (Å²) in [6, 6.07) is 0. The quantitative estimate of drug-likeness (QED) is 0.495. The third kappa shape index (κ3) is 3.97. The number of aliphatic hydroxyl groups is 1. The van der Waals surface area contributed by atoms with Crippen molar-refractivity contribution in [3.63, 3.8) is 0 Å². The van der Waals surface area contributed by atoms with Gasteiger partial charge >= 0.3 is 36.2 Å². The molecule has 0 aliphatic heterocycles. The van der Waals surface area contributed by atoms with E-state index >= 15 is 0 Å². The molecule has 0 heterocycles. The molecule has 0 amide bonds. The Morgan fingerprint density at radius 1 is 1.83 bits per heavy atom. The molecular formula is C3H5O2P. The van der Waals surface area contributed by atoms with Crippen LogP contribution in [0.15, 0.2) is 0 Å². The van der Waals surface area contributed by atoms with Crippen LogP contribution in [0.4, 0.5) is 0 Å². The minimum atomic E-state index is -0.115. The number of aliphatic hydroxyl groups excluding tert-OH is 1. The maximum absolute atomic E-state index is 9.44. The molecule has 0 bridgehead atoms. The number of hydrogen-bond acceptors (Lipinski definition) is 2. The van der Waals surface area contributed by atoms with Crippen LogP contribution in [-0.4, -0.2) is 11.7 Å². The van der Waals surface area contributed by atoms with Crippen molar-refractivity contribution in [1.29, 1.82) is 0 Å². The Balaban J connectivity index is 3.01. The van der Waals surface area contributed by atoms with Gasteiger partial charge in [-0.1, -0.05) is 0 Å². The monoisotopic (exact) mass is 104 g/mol. The van der Waals surface area contributed by atoms with Crippen LogP contribution in [-0.2, 0) is 4.57 Å². The van der Waals surface area contributed by atoms with E-state index in [2.05, 4.69) is 5.63 Å². The Morgan fingerprint density at radius 2 is 2.50 bits per heavy atom. The SMILES string of the molecule is O=P#CCCO. The Morgan fingerprint density at radius 3 is 2.67 bits per heavy atom. The maximum atomic E-state index is 9.44. The molecule has 0 saturated carbocycles. The zero-order chi connectivity index (χ0) is 4.83. The summed E-state index contributed by atoms with van der Waals surface area (Å²) in [4.78, 5) is 0. The molecule has 0 radical (unpaired) electrons. The Labute approximate surface area is 37.3 Å². The molecule has 0 aliphatic carbocycles. The number of rotatable bonds is 1. The van der Waals surface area contributed by atoms with Gasteiger partial charge in [-0.3, -0.25) is 0 Å². The Hall–Kier alpha value is -0.0300. The zero-order valence-electron chi connectivity index (χ0n) is 3.22. The molecule has 2 nitrogen and oxygen atoms in total. The molecule has 0 fully saturated rings. The average Bonchev–Trinajstić information content (AvgIpc) is 1.61. The second kappa shape index (κ2) is 4.97. The van der Waals surface area contributed by atoms with Crippen LogP contribution in [0.25, 0.3) is 0 Å². The molecular weight excluding hydrogens is 99.0 g/mol. The molecule has 0 spiro atoms. The summed E-state index contributed by atoms with van der Waals surface area (Å²) >= 11 is 0. The molecule has 3 heteroatoms. The van der Waals surface area contributed by atoms with Crippen LogP contribution in [0, 0.1) is 5.63 Å². The molecule has 1 N–H and O–H groups in total. The molecule has 0 aromatic carbocycles. The fraction of sp³-hybridized carbons (Fsp3) is 0.667. The van der Waals surface area contributed by atoms with Gasteiger partial charge in [0.15, 0.2) is 0 Å². The van der Waals surface area contributed by atoms with Crippen molar-refractivity contribution in [2.45, 2.75) is 6.42 Å². The van der Waals surface area contributed by atoms with Crippen LogP contribution < -0.4 is 0 Å². The first-order chi connectivity index (χ1) is 2.91. The van der Waals surface area contributed by atoms with E-state index in [-0.39, 0.29) is 14.5 Å². The van der Waals surface area contributed by atoms with E-state index in [1.54, 1.807) is 0 Å². The van der Waals surface area contributed by atoms with Gasteiger partial charge in [-0.2, -0.15) is 0 Å². The van der Waals surface area contributed by atoms with E-state index in [0.29, 0.717) is 6.42 Å². The third-order valence-corrected chi connectivity index (χ3v) is 0.641. The Kier molecular flexibility index (Phi) is 4.95. The van der Waals surface area contributed by atoms with Crippen molar-refractivity contribution >= 4 is 7.92 Å². The average molecular weight is 104 g/mol. The Bertz CT molecular complexity index is 101. The molecule has 34 valence electrons. The van der Waals surface area contributed by atoms with Crippen LogP contribution in [0.1, 0.15) is 6.42 Å². The van der Waals surface area contributed by atoms with Crippen molar-refractivity contribution in [3.05, 3.63) is 0 Å². The normalized spacial score (nSPS) is 6.83. The predicted molar refractivity (Wildman–Crippen MR) is 23.2 cm³/mol. The topological polar surface area (TPSA) is 37.3 Å². The first kappa shape index (κ1) is 5.97. The van der Waals surface area contributed by atoms with Crippen molar-refractivity contribution < 1.29 is 9.67 Å². The minimum absolute atomic E-state index is 0.0369. The molecule has 0 saturated heterocycles. The van der Waals surface area contributed by atoms with Gasteiger partial charge in [0, 0.05) is 0 Å². The van der Waals surface area contributed by atoms with E-state index in [4.69, 9.17) is 5.11 Å². The first-order valence-electron chi connectivity index (χ1n) is 1.58. The molecule has 0 atom stereocenters. The molecule has 0 rings (SSSR count). The zero-order valence-corrected chi connectivity index (χ0v) is 4.11. The summed E-state index contributed by atoms with van der Waals surface area (Å²) in [5.74, 6) is 0. The summed E-state index contributed by atoms with van der Waals surface area (Å²) in [6.45, 7) is 0.0369. The van der Waals surface area contributed by atoms with E-state index in [1.165, 1.54) is 0 Å². The van der Waals surface area contributed by atoms with Crippen molar-refractivity contribution in [2.24, 2.45) is 0 Å². The summed E-state index contributed by atoms with van der Waals surface area (Å²) in [5.41, 5.74) is 2.36. The van der Waals surface area contributed by atoms with E-state index in [0.717, 1.165) is 0 Å². The standard InChI is InChI=1S/C3H5O2P/c4-2-1-3-6-5/h4H,1-2H2. The van der Waals surface area contributed by atoms with Gasteiger partial charge in [0.1, 0.15) is 0 Å². The van der Waals surface area contributed by atoms with Crippen molar-refractivity contribution in [3.8, 4) is 5.63 Å². The van der Waals surface area contributed by atoms with Gasteiger partial charge in [0.05, 0.1) is 0 Å². The molecule has 0 aromatic heterocycles. The first-order valence-corrected chi connectivity index (χ1v) is 2.39. The molecule has 0 aromatic rings. The van der Waals surface area contributed by atoms with Crippen molar-refractivity contribution in [1.82, 2.24) is 0 Å². The fourth-order valence-electron chi connectivity index (χ4n) is 0.0956. The third-order valence-electron chi connectivity index (χ3n) is 0.288. The van der Waals surface area contributed by atoms with Crippen LogP contribution in [0.5, 0.6) is 0 Å². The fourth-order valence-corrected chi connectivity index (χ4v) is 0.287. The van der Waals surface area contributed by atoms with Gasteiger partial charge in [-0.15, -0.1) is 0 Å². The number of hydrogen-bond donors (Lipinski definition) is 1. The molecule has 6 heavy (non-hydrogen) atoms.